The number of aromatic nitrogens is 4. The molecule has 0 spiro atoms. The SMILES string of the molecule is CC(C)c1cnnc(Nc2ccc3ncc(C(C=NCC(F)F)=CN)cc3n2)c1. The summed E-state index contributed by atoms with van der Waals surface area (Å²) in [5.41, 5.74) is 9.09. The number of fused-ring (bicyclic) bond motifs is 1. The van der Waals surface area contributed by atoms with Gasteiger partial charge in [0.15, 0.2) is 5.82 Å². The Kier molecular flexibility index (Phi) is 6.38. The van der Waals surface area contributed by atoms with Gasteiger partial charge in [0.05, 0.1) is 23.8 Å². The first-order chi connectivity index (χ1) is 14.0. The molecule has 3 aromatic heterocycles. The van der Waals surface area contributed by atoms with Crippen molar-refractivity contribution < 1.29 is 8.78 Å². The van der Waals surface area contributed by atoms with Gasteiger partial charge in [-0.2, -0.15) is 5.10 Å². The Morgan fingerprint density at radius 1 is 1.17 bits per heavy atom. The van der Waals surface area contributed by atoms with E-state index >= 15 is 0 Å². The number of anilines is 2. The molecule has 0 saturated heterocycles. The van der Waals surface area contributed by atoms with Crippen molar-refractivity contribution in [2.75, 3.05) is 11.9 Å². The molecule has 0 aromatic carbocycles. The van der Waals surface area contributed by atoms with E-state index in [9.17, 15) is 8.78 Å². The first-order valence-electron chi connectivity index (χ1n) is 9.03. The van der Waals surface area contributed by atoms with E-state index in [-0.39, 0.29) is 0 Å². The molecule has 3 N–H and O–H groups in total. The minimum Gasteiger partial charge on any atom is -0.404 e. The summed E-state index contributed by atoms with van der Waals surface area (Å²) in [5.74, 6) is 1.50. The molecule has 0 aliphatic heterocycles. The first kappa shape index (κ1) is 20.2. The highest BCUT2D eigenvalue weighted by Gasteiger charge is 2.07. The van der Waals surface area contributed by atoms with Crippen LogP contribution in [-0.4, -0.2) is 39.4 Å². The maximum Gasteiger partial charge on any atom is 0.257 e. The maximum absolute atomic E-state index is 12.3. The summed E-state index contributed by atoms with van der Waals surface area (Å²) in [5, 5.41) is 11.2. The minimum atomic E-state index is -2.51. The van der Waals surface area contributed by atoms with Crippen molar-refractivity contribution in [2.24, 2.45) is 10.7 Å². The van der Waals surface area contributed by atoms with Crippen LogP contribution in [0.4, 0.5) is 20.4 Å². The fraction of sp³-hybridized carbons (Fsp3) is 0.250. The van der Waals surface area contributed by atoms with Crippen LogP contribution in [0.15, 0.2) is 47.9 Å². The second kappa shape index (κ2) is 9.13. The zero-order valence-corrected chi connectivity index (χ0v) is 16.0. The van der Waals surface area contributed by atoms with E-state index < -0.39 is 13.0 Å². The van der Waals surface area contributed by atoms with Gasteiger partial charge in [-0.05, 0) is 35.7 Å². The second-order valence-corrected chi connectivity index (χ2v) is 6.62. The molecule has 0 bridgehead atoms. The number of alkyl halides is 2. The minimum absolute atomic E-state index is 0.329. The molecular formula is C20H21F2N7. The van der Waals surface area contributed by atoms with Crippen LogP contribution >= 0.6 is 0 Å². The van der Waals surface area contributed by atoms with Gasteiger partial charge in [0, 0.05) is 29.7 Å². The highest BCUT2D eigenvalue weighted by molar-refractivity contribution is 6.10. The predicted molar refractivity (Wildman–Crippen MR) is 110 cm³/mol. The van der Waals surface area contributed by atoms with Crippen LogP contribution in [0.2, 0.25) is 0 Å². The molecule has 0 radical (unpaired) electrons. The van der Waals surface area contributed by atoms with Gasteiger partial charge in [-0.3, -0.25) is 9.98 Å². The van der Waals surface area contributed by atoms with E-state index in [0.29, 0.717) is 39.7 Å². The standard InChI is InChI=1S/C20H21F2N7/c1-12(2)13-6-20(29-26-10-13)28-19-4-3-16-17(27-19)5-14(9-25-16)15(7-23)8-24-11-18(21)22/h3-10,12,18H,11,23H2,1-2H3,(H,27,28,29). The number of allylic oxidation sites excluding steroid dienone is 1. The summed E-state index contributed by atoms with van der Waals surface area (Å²) in [6.45, 7) is 3.58. The van der Waals surface area contributed by atoms with Gasteiger partial charge in [-0.25, -0.2) is 13.8 Å². The van der Waals surface area contributed by atoms with Gasteiger partial charge in [0.1, 0.15) is 5.82 Å². The second-order valence-electron chi connectivity index (χ2n) is 6.62. The van der Waals surface area contributed by atoms with Crippen molar-refractivity contribution in [2.45, 2.75) is 26.2 Å². The third-order valence-electron chi connectivity index (χ3n) is 4.12. The Labute approximate surface area is 166 Å². The number of nitrogens with two attached hydrogens (primary N) is 1. The lowest BCUT2D eigenvalue weighted by atomic mass is 10.1. The molecule has 3 rings (SSSR count). The highest BCUT2D eigenvalue weighted by atomic mass is 19.3. The zero-order chi connectivity index (χ0) is 20.8. The molecule has 29 heavy (non-hydrogen) atoms. The zero-order valence-electron chi connectivity index (χ0n) is 16.0. The number of rotatable bonds is 7. The van der Waals surface area contributed by atoms with Gasteiger partial charge in [-0.15, -0.1) is 5.10 Å². The number of halogens is 2. The van der Waals surface area contributed by atoms with Gasteiger partial charge in [0.25, 0.3) is 6.43 Å². The number of hydrogen-bond donors (Lipinski definition) is 2. The lowest BCUT2D eigenvalue weighted by molar-refractivity contribution is 0.159. The number of nitrogens with zero attached hydrogens (tertiary/aromatic N) is 5. The third kappa shape index (κ3) is 5.28. The monoisotopic (exact) mass is 397 g/mol. The summed E-state index contributed by atoms with van der Waals surface area (Å²) in [4.78, 5) is 12.6. The Hall–Kier alpha value is -3.49. The molecule has 7 nitrogen and oxygen atoms in total. The molecule has 0 unspecified atom stereocenters. The summed E-state index contributed by atoms with van der Waals surface area (Å²) in [6, 6.07) is 7.32. The largest absolute Gasteiger partial charge is 0.404 e. The number of aliphatic imine (C=N–C) groups is 1. The lowest BCUT2D eigenvalue weighted by Crippen LogP contribution is -2.01. The Morgan fingerprint density at radius 3 is 2.72 bits per heavy atom. The first-order valence-corrected chi connectivity index (χ1v) is 9.03. The quantitative estimate of drug-likeness (QED) is 0.586. The summed E-state index contributed by atoms with van der Waals surface area (Å²) in [6.07, 6.45) is 3.43. The molecule has 3 aromatic rings. The van der Waals surface area contributed by atoms with E-state index in [1.165, 1.54) is 12.4 Å². The van der Waals surface area contributed by atoms with E-state index in [0.717, 1.165) is 5.56 Å². The summed E-state index contributed by atoms with van der Waals surface area (Å²) in [7, 11) is 0. The molecule has 0 fully saturated rings. The molecule has 9 heteroatoms. The number of nitrogens with one attached hydrogen (secondary N) is 1. The van der Waals surface area contributed by atoms with E-state index in [1.54, 1.807) is 24.5 Å². The smallest absolute Gasteiger partial charge is 0.257 e. The van der Waals surface area contributed by atoms with Crippen molar-refractivity contribution in [1.29, 1.82) is 0 Å². The summed E-state index contributed by atoms with van der Waals surface area (Å²) >= 11 is 0. The fourth-order valence-electron chi connectivity index (χ4n) is 2.57. The van der Waals surface area contributed by atoms with Crippen molar-refractivity contribution >= 4 is 34.5 Å². The fourth-order valence-corrected chi connectivity index (χ4v) is 2.57. The average molecular weight is 397 g/mol. The molecule has 150 valence electrons. The summed E-state index contributed by atoms with van der Waals surface area (Å²) < 4.78 is 24.6. The molecule has 0 saturated carbocycles. The maximum atomic E-state index is 12.3. The molecular weight excluding hydrogens is 376 g/mol. The van der Waals surface area contributed by atoms with E-state index in [4.69, 9.17) is 5.73 Å². The molecule has 0 aliphatic rings. The normalized spacial score (nSPS) is 12.4. The van der Waals surface area contributed by atoms with Gasteiger partial charge in [0.2, 0.25) is 0 Å². The van der Waals surface area contributed by atoms with Crippen LogP contribution in [0.3, 0.4) is 0 Å². The van der Waals surface area contributed by atoms with Gasteiger partial charge < -0.3 is 11.1 Å². The molecule has 0 amide bonds. The lowest BCUT2D eigenvalue weighted by Gasteiger charge is -2.09. The van der Waals surface area contributed by atoms with Crippen LogP contribution < -0.4 is 11.1 Å². The van der Waals surface area contributed by atoms with Gasteiger partial charge in [-0.1, -0.05) is 13.8 Å². The third-order valence-corrected chi connectivity index (χ3v) is 4.12. The number of pyridine rings is 2. The van der Waals surface area contributed by atoms with Crippen LogP contribution in [0.1, 0.15) is 30.9 Å². The van der Waals surface area contributed by atoms with Crippen LogP contribution in [0.5, 0.6) is 0 Å². The van der Waals surface area contributed by atoms with Crippen molar-refractivity contribution in [1.82, 2.24) is 20.2 Å². The van der Waals surface area contributed by atoms with Crippen molar-refractivity contribution in [3.05, 3.63) is 54.0 Å². The average Bonchev–Trinajstić information content (AvgIpc) is 2.70. The highest BCUT2D eigenvalue weighted by Crippen LogP contribution is 2.21. The Bertz CT molecular complexity index is 1050. The molecule has 3 heterocycles. The molecule has 0 atom stereocenters. The Morgan fingerprint density at radius 2 is 2.00 bits per heavy atom. The van der Waals surface area contributed by atoms with E-state index in [2.05, 4.69) is 44.3 Å². The predicted octanol–water partition coefficient (Wildman–Crippen LogP) is 3.92. The van der Waals surface area contributed by atoms with Crippen LogP contribution in [0.25, 0.3) is 16.6 Å². The van der Waals surface area contributed by atoms with Gasteiger partial charge >= 0.3 is 0 Å². The molecule has 0 aliphatic carbocycles. The van der Waals surface area contributed by atoms with Crippen LogP contribution in [0, 0.1) is 0 Å². The van der Waals surface area contributed by atoms with Crippen molar-refractivity contribution in [3.8, 4) is 0 Å². The van der Waals surface area contributed by atoms with Crippen molar-refractivity contribution in [3.63, 3.8) is 0 Å². The Balaban J connectivity index is 1.87. The van der Waals surface area contributed by atoms with E-state index in [1.807, 2.05) is 12.1 Å². The number of hydrogen-bond acceptors (Lipinski definition) is 7. The topological polar surface area (TPSA) is 102 Å². The van der Waals surface area contributed by atoms with Crippen LogP contribution in [-0.2, 0) is 0 Å².